The number of nitrogens with one attached hydrogen (secondary N) is 1. The molecular weight excluding hydrogens is 244 g/mol. The molecule has 1 N–H and O–H groups in total. The van der Waals surface area contributed by atoms with Gasteiger partial charge in [0.05, 0.1) is 0 Å². The molecule has 1 heterocycles. The molecule has 1 saturated carbocycles. The first-order valence-electron chi connectivity index (χ1n) is 8.26. The zero-order valence-corrected chi connectivity index (χ0v) is 13.0. The predicted octanol–water partition coefficient (Wildman–Crippen LogP) is 3.41. The Morgan fingerprint density at radius 1 is 1.10 bits per heavy atom. The Labute approximate surface area is 123 Å². The van der Waals surface area contributed by atoms with Crippen LogP contribution in [-0.4, -0.2) is 30.1 Å². The van der Waals surface area contributed by atoms with Crippen LogP contribution in [0.25, 0.3) is 0 Å². The van der Waals surface area contributed by atoms with E-state index in [1.807, 2.05) is 0 Å². The molecule has 1 aromatic carbocycles. The summed E-state index contributed by atoms with van der Waals surface area (Å²) in [6, 6.07) is 8.52. The lowest BCUT2D eigenvalue weighted by atomic mass is 10.0. The fraction of sp³-hybridized carbons (Fsp3) is 0.667. The summed E-state index contributed by atoms with van der Waals surface area (Å²) in [5, 5.41) is 3.70. The number of piperidine rings is 1. The molecule has 1 atom stereocenters. The maximum atomic E-state index is 3.70. The highest BCUT2D eigenvalue weighted by molar-refractivity contribution is 5.30. The van der Waals surface area contributed by atoms with Crippen molar-refractivity contribution in [3.63, 3.8) is 0 Å². The molecule has 1 aliphatic heterocycles. The summed E-state index contributed by atoms with van der Waals surface area (Å²) >= 11 is 0. The molecule has 1 saturated heterocycles. The van der Waals surface area contributed by atoms with Crippen molar-refractivity contribution in [2.75, 3.05) is 13.1 Å². The Bertz CT molecular complexity index is 445. The molecule has 1 aliphatic carbocycles. The molecule has 0 bridgehead atoms. The lowest BCUT2D eigenvalue weighted by molar-refractivity contribution is 0.208. The van der Waals surface area contributed by atoms with Crippen LogP contribution >= 0.6 is 0 Å². The van der Waals surface area contributed by atoms with Crippen LogP contribution in [0.3, 0.4) is 0 Å². The van der Waals surface area contributed by atoms with Crippen molar-refractivity contribution in [1.82, 2.24) is 10.2 Å². The second kappa shape index (κ2) is 6.28. The minimum absolute atomic E-state index is 0.718. The van der Waals surface area contributed by atoms with Crippen molar-refractivity contribution in [3.8, 4) is 0 Å². The number of hydrogen-bond donors (Lipinski definition) is 1. The van der Waals surface area contributed by atoms with Gasteiger partial charge in [0.2, 0.25) is 0 Å². The van der Waals surface area contributed by atoms with Crippen LogP contribution in [0.5, 0.6) is 0 Å². The summed E-state index contributed by atoms with van der Waals surface area (Å²) in [5.41, 5.74) is 4.31. The highest BCUT2D eigenvalue weighted by Gasteiger charge is 2.30. The molecule has 2 fully saturated rings. The SMILES string of the molecule is Cc1ccc(CN(CC2CCCCN2)C2CC2)cc1C. The van der Waals surface area contributed by atoms with E-state index in [9.17, 15) is 0 Å². The Morgan fingerprint density at radius 3 is 2.60 bits per heavy atom. The molecule has 2 nitrogen and oxygen atoms in total. The van der Waals surface area contributed by atoms with Gasteiger partial charge in [0, 0.05) is 25.2 Å². The number of hydrogen-bond acceptors (Lipinski definition) is 2. The maximum absolute atomic E-state index is 3.70. The van der Waals surface area contributed by atoms with Crippen LogP contribution in [0, 0.1) is 13.8 Å². The summed E-state index contributed by atoms with van der Waals surface area (Å²) in [6.07, 6.45) is 6.92. The molecular formula is C18H28N2. The van der Waals surface area contributed by atoms with Crippen LogP contribution in [-0.2, 0) is 6.54 Å². The van der Waals surface area contributed by atoms with Gasteiger partial charge in [0.15, 0.2) is 0 Å². The van der Waals surface area contributed by atoms with Gasteiger partial charge in [-0.3, -0.25) is 4.90 Å². The Kier molecular flexibility index (Phi) is 4.42. The van der Waals surface area contributed by atoms with Gasteiger partial charge in [0.25, 0.3) is 0 Å². The van der Waals surface area contributed by atoms with Gasteiger partial charge < -0.3 is 5.32 Å². The smallest absolute Gasteiger partial charge is 0.0237 e. The Hall–Kier alpha value is -0.860. The molecule has 0 spiro atoms. The van der Waals surface area contributed by atoms with Crippen molar-refractivity contribution < 1.29 is 0 Å². The van der Waals surface area contributed by atoms with Gasteiger partial charge >= 0.3 is 0 Å². The van der Waals surface area contributed by atoms with E-state index in [4.69, 9.17) is 0 Å². The van der Waals surface area contributed by atoms with Crippen molar-refractivity contribution in [2.45, 2.75) is 64.6 Å². The van der Waals surface area contributed by atoms with Crippen LogP contribution in [0.4, 0.5) is 0 Å². The minimum Gasteiger partial charge on any atom is -0.313 e. The molecule has 2 heteroatoms. The van der Waals surface area contributed by atoms with Crippen molar-refractivity contribution >= 4 is 0 Å². The second-order valence-corrected chi connectivity index (χ2v) is 6.73. The fourth-order valence-electron chi connectivity index (χ4n) is 3.28. The highest BCUT2D eigenvalue weighted by atomic mass is 15.2. The monoisotopic (exact) mass is 272 g/mol. The first-order chi connectivity index (χ1) is 9.72. The van der Waals surface area contributed by atoms with Gasteiger partial charge in [-0.15, -0.1) is 0 Å². The molecule has 0 radical (unpaired) electrons. The predicted molar refractivity (Wildman–Crippen MR) is 85.0 cm³/mol. The summed E-state index contributed by atoms with van der Waals surface area (Å²) in [6.45, 7) is 8.00. The van der Waals surface area contributed by atoms with Crippen molar-refractivity contribution in [3.05, 3.63) is 34.9 Å². The topological polar surface area (TPSA) is 15.3 Å². The average Bonchev–Trinajstić information content (AvgIpc) is 3.28. The fourth-order valence-corrected chi connectivity index (χ4v) is 3.28. The zero-order valence-electron chi connectivity index (χ0n) is 13.0. The van der Waals surface area contributed by atoms with E-state index in [2.05, 4.69) is 42.3 Å². The van der Waals surface area contributed by atoms with E-state index >= 15 is 0 Å². The maximum Gasteiger partial charge on any atom is 0.0237 e. The van der Waals surface area contributed by atoms with Crippen molar-refractivity contribution in [2.24, 2.45) is 0 Å². The number of aryl methyl sites for hydroxylation is 2. The Balaban J connectivity index is 1.62. The van der Waals surface area contributed by atoms with Crippen molar-refractivity contribution in [1.29, 1.82) is 0 Å². The van der Waals surface area contributed by atoms with E-state index in [0.717, 1.165) is 18.6 Å². The summed E-state index contributed by atoms with van der Waals surface area (Å²) in [4.78, 5) is 2.72. The van der Waals surface area contributed by atoms with Crippen LogP contribution in [0.1, 0.15) is 48.8 Å². The third-order valence-electron chi connectivity index (χ3n) is 4.89. The quantitative estimate of drug-likeness (QED) is 0.883. The second-order valence-electron chi connectivity index (χ2n) is 6.73. The van der Waals surface area contributed by atoms with Gasteiger partial charge in [-0.05, 0) is 62.8 Å². The van der Waals surface area contributed by atoms with Crippen LogP contribution in [0.2, 0.25) is 0 Å². The molecule has 20 heavy (non-hydrogen) atoms. The van der Waals surface area contributed by atoms with Gasteiger partial charge in [-0.2, -0.15) is 0 Å². The van der Waals surface area contributed by atoms with Gasteiger partial charge in [0.1, 0.15) is 0 Å². The zero-order chi connectivity index (χ0) is 13.9. The molecule has 0 amide bonds. The molecule has 2 aliphatic rings. The standard InChI is InChI=1S/C18H28N2/c1-14-6-7-16(11-15(14)2)12-20(18-8-9-18)13-17-5-3-4-10-19-17/h6-7,11,17-19H,3-5,8-10,12-13H2,1-2H3. The lowest BCUT2D eigenvalue weighted by Crippen LogP contribution is -2.44. The van der Waals surface area contributed by atoms with E-state index in [0.29, 0.717) is 0 Å². The number of benzene rings is 1. The van der Waals surface area contributed by atoms with E-state index in [-0.39, 0.29) is 0 Å². The largest absolute Gasteiger partial charge is 0.313 e. The van der Waals surface area contributed by atoms with E-state index in [1.54, 1.807) is 0 Å². The molecule has 0 aromatic heterocycles. The minimum atomic E-state index is 0.718. The third-order valence-corrected chi connectivity index (χ3v) is 4.89. The average molecular weight is 272 g/mol. The Morgan fingerprint density at radius 2 is 1.95 bits per heavy atom. The normalized spacial score (nSPS) is 23.2. The van der Waals surface area contributed by atoms with Gasteiger partial charge in [-0.25, -0.2) is 0 Å². The molecule has 1 aromatic rings. The number of nitrogens with zero attached hydrogens (tertiary/aromatic N) is 1. The third kappa shape index (κ3) is 3.62. The lowest BCUT2D eigenvalue weighted by Gasteiger charge is -2.31. The van der Waals surface area contributed by atoms with E-state index in [1.165, 1.54) is 61.9 Å². The number of rotatable bonds is 5. The molecule has 3 rings (SSSR count). The first kappa shape index (κ1) is 14.1. The summed E-state index contributed by atoms with van der Waals surface area (Å²) in [7, 11) is 0. The van der Waals surface area contributed by atoms with Crippen LogP contribution < -0.4 is 5.32 Å². The summed E-state index contributed by atoms with van der Waals surface area (Å²) < 4.78 is 0. The summed E-state index contributed by atoms with van der Waals surface area (Å²) in [5.74, 6) is 0. The molecule has 1 unspecified atom stereocenters. The first-order valence-corrected chi connectivity index (χ1v) is 8.26. The molecule has 110 valence electrons. The van der Waals surface area contributed by atoms with Crippen LogP contribution in [0.15, 0.2) is 18.2 Å². The van der Waals surface area contributed by atoms with E-state index < -0.39 is 0 Å². The highest BCUT2D eigenvalue weighted by Crippen LogP contribution is 2.29. The van der Waals surface area contributed by atoms with Gasteiger partial charge in [-0.1, -0.05) is 24.6 Å².